The first kappa shape index (κ1) is 16.8. The molecule has 0 aromatic heterocycles. The molecule has 1 unspecified atom stereocenters. The minimum atomic E-state index is -0.102. The van der Waals surface area contributed by atoms with E-state index in [4.69, 9.17) is 11.6 Å². The Morgan fingerprint density at radius 3 is 2.88 bits per heavy atom. The highest BCUT2D eigenvalue weighted by Crippen LogP contribution is 2.31. The van der Waals surface area contributed by atoms with E-state index < -0.39 is 0 Å². The van der Waals surface area contributed by atoms with E-state index in [-0.39, 0.29) is 5.91 Å². The van der Waals surface area contributed by atoms with Gasteiger partial charge >= 0.3 is 0 Å². The molecule has 0 fully saturated rings. The van der Waals surface area contributed by atoms with Gasteiger partial charge in [0.2, 0.25) is 0 Å². The maximum absolute atomic E-state index is 12.2. The van der Waals surface area contributed by atoms with Gasteiger partial charge in [0, 0.05) is 24.8 Å². The number of nitrogens with zero attached hydrogens (tertiary/aromatic N) is 1. The highest BCUT2D eigenvalue weighted by Gasteiger charge is 2.24. The Morgan fingerprint density at radius 1 is 1.29 bits per heavy atom. The van der Waals surface area contributed by atoms with Crippen LogP contribution in [0.1, 0.15) is 34.8 Å². The first-order valence-electron chi connectivity index (χ1n) is 8.45. The number of anilines is 1. The molecule has 1 heterocycles. The maximum atomic E-state index is 12.2. The first-order chi connectivity index (χ1) is 11.6. The number of hydrogen-bond donors (Lipinski definition) is 1. The lowest BCUT2D eigenvalue weighted by atomic mass is 10.1. The van der Waals surface area contributed by atoms with Crippen LogP contribution in [0.15, 0.2) is 42.5 Å². The third-order valence-electron chi connectivity index (χ3n) is 4.58. The van der Waals surface area contributed by atoms with Crippen molar-refractivity contribution in [2.75, 3.05) is 18.0 Å². The quantitative estimate of drug-likeness (QED) is 0.825. The van der Waals surface area contributed by atoms with Crippen LogP contribution in [0.3, 0.4) is 0 Å². The van der Waals surface area contributed by atoms with Crippen LogP contribution in [0.2, 0.25) is 5.02 Å². The summed E-state index contributed by atoms with van der Waals surface area (Å²) in [5.41, 5.74) is 4.35. The van der Waals surface area contributed by atoms with Crippen molar-refractivity contribution in [3.63, 3.8) is 0 Å². The van der Waals surface area contributed by atoms with E-state index in [1.54, 1.807) is 6.07 Å². The fraction of sp³-hybridized carbons (Fsp3) is 0.350. The van der Waals surface area contributed by atoms with Crippen LogP contribution in [0.25, 0.3) is 0 Å². The summed E-state index contributed by atoms with van der Waals surface area (Å²) in [6.07, 6.45) is 2.01. The number of aryl methyl sites for hydroxylation is 1. The van der Waals surface area contributed by atoms with Gasteiger partial charge in [-0.05, 0) is 56.0 Å². The molecule has 24 heavy (non-hydrogen) atoms. The van der Waals surface area contributed by atoms with Gasteiger partial charge in [0.15, 0.2) is 0 Å². The summed E-state index contributed by atoms with van der Waals surface area (Å²) in [5.74, 6) is -0.102. The molecule has 3 nitrogen and oxygen atoms in total. The molecule has 1 aliphatic rings. The van der Waals surface area contributed by atoms with Crippen LogP contribution >= 0.6 is 11.6 Å². The smallest absolute Gasteiger partial charge is 0.252 e. The highest BCUT2D eigenvalue weighted by atomic mass is 35.5. The van der Waals surface area contributed by atoms with Gasteiger partial charge in [-0.15, -0.1) is 0 Å². The molecule has 0 radical (unpaired) electrons. The van der Waals surface area contributed by atoms with Gasteiger partial charge in [0.25, 0.3) is 5.91 Å². The van der Waals surface area contributed by atoms with E-state index in [1.165, 1.54) is 11.3 Å². The lowest BCUT2D eigenvalue weighted by molar-refractivity contribution is 0.0953. The number of nitrogens with one attached hydrogen (secondary N) is 1. The Bertz CT molecular complexity index is 744. The molecular weight excluding hydrogens is 320 g/mol. The molecule has 1 amide bonds. The van der Waals surface area contributed by atoms with Gasteiger partial charge in [0.05, 0.1) is 10.6 Å². The second-order valence-electron chi connectivity index (χ2n) is 6.47. The van der Waals surface area contributed by atoms with Crippen LogP contribution in [-0.4, -0.2) is 25.0 Å². The number of amides is 1. The standard InChI is InChI=1S/C20H23ClN2O/c1-14-8-9-17(18(21)12-14)20(24)22-10-5-11-23-15(2)13-16-6-3-4-7-19(16)23/h3-4,6-9,12,15H,5,10-11,13H2,1-2H3,(H,22,24). The zero-order valence-electron chi connectivity index (χ0n) is 14.2. The largest absolute Gasteiger partial charge is 0.368 e. The Morgan fingerprint density at radius 2 is 2.08 bits per heavy atom. The third kappa shape index (κ3) is 3.57. The van der Waals surface area contributed by atoms with E-state index in [0.29, 0.717) is 23.2 Å². The fourth-order valence-corrected chi connectivity index (χ4v) is 3.64. The average Bonchev–Trinajstić information content (AvgIpc) is 2.87. The number of fused-ring (bicyclic) bond motifs is 1. The molecule has 0 aliphatic carbocycles. The first-order valence-corrected chi connectivity index (χ1v) is 8.83. The zero-order chi connectivity index (χ0) is 17.1. The number of rotatable bonds is 5. The summed E-state index contributed by atoms with van der Waals surface area (Å²) >= 11 is 6.15. The highest BCUT2D eigenvalue weighted by molar-refractivity contribution is 6.33. The van der Waals surface area contributed by atoms with Crippen molar-refractivity contribution in [3.05, 3.63) is 64.2 Å². The summed E-state index contributed by atoms with van der Waals surface area (Å²) < 4.78 is 0. The topological polar surface area (TPSA) is 32.3 Å². The second kappa shape index (κ2) is 7.27. The van der Waals surface area contributed by atoms with E-state index in [1.807, 2.05) is 19.1 Å². The molecule has 4 heteroatoms. The molecule has 3 rings (SSSR count). The zero-order valence-corrected chi connectivity index (χ0v) is 14.9. The van der Waals surface area contributed by atoms with Gasteiger partial charge in [0.1, 0.15) is 0 Å². The average molecular weight is 343 g/mol. The number of carbonyl (C=O) groups excluding carboxylic acids is 1. The van der Waals surface area contributed by atoms with Gasteiger partial charge in [-0.2, -0.15) is 0 Å². The minimum absolute atomic E-state index is 0.102. The summed E-state index contributed by atoms with van der Waals surface area (Å²) in [4.78, 5) is 14.7. The van der Waals surface area contributed by atoms with E-state index in [2.05, 4.69) is 41.4 Å². The van der Waals surface area contributed by atoms with Crippen molar-refractivity contribution in [1.82, 2.24) is 5.32 Å². The molecule has 1 atom stereocenters. The van der Waals surface area contributed by atoms with Gasteiger partial charge in [-0.25, -0.2) is 0 Å². The lowest BCUT2D eigenvalue weighted by Gasteiger charge is -2.25. The summed E-state index contributed by atoms with van der Waals surface area (Å²) in [7, 11) is 0. The van der Waals surface area contributed by atoms with Crippen molar-refractivity contribution in [3.8, 4) is 0 Å². The van der Waals surface area contributed by atoms with Crippen LogP contribution in [0, 0.1) is 6.92 Å². The molecule has 0 saturated carbocycles. The van der Waals surface area contributed by atoms with Crippen LogP contribution in [0.4, 0.5) is 5.69 Å². The summed E-state index contributed by atoms with van der Waals surface area (Å²) in [6, 6.07) is 14.6. The van der Waals surface area contributed by atoms with Gasteiger partial charge in [-0.1, -0.05) is 35.9 Å². The summed E-state index contributed by atoms with van der Waals surface area (Å²) in [6.45, 7) is 5.81. The van der Waals surface area contributed by atoms with Crippen LogP contribution in [-0.2, 0) is 6.42 Å². The molecule has 126 valence electrons. The Kier molecular flexibility index (Phi) is 5.10. The number of para-hydroxylation sites is 1. The molecule has 0 saturated heterocycles. The molecule has 0 bridgehead atoms. The lowest BCUT2D eigenvalue weighted by Crippen LogP contribution is -2.33. The summed E-state index contributed by atoms with van der Waals surface area (Å²) in [5, 5.41) is 3.48. The molecule has 1 N–H and O–H groups in total. The number of halogens is 1. The Balaban J connectivity index is 1.51. The monoisotopic (exact) mass is 342 g/mol. The predicted octanol–water partition coefficient (Wildman–Crippen LogP) is 4.22. The maximum Gasteiger partial charge on any atom is 0.252 e. The van der Waals surface area contributed by atoms with Crippen LogP contribution in [0.5, 0.6) is 0 Å². The van der Waals surface area contributed by atoms with Crippen molar-refractivity contribution >= 4 is 23.2 Å². The van der Waals surface area contributed by atoms with Crippen LogP contribution < -0.4 is 10.2 Å². The molecule has 0 spiro atoms. The number of hydrogen-bond acceptors (Lipinski definition) is 2. The second-order valence-corrected chi connectivity index (χ2v) is 6.88. The van der Waals surface area contributed by atoms with E-state index in [9.17, 15) is 4.79 Å². The van der Waals surface area contributed by atoms with E-state index >= 15 is 0 Å². The molecule has 1 aliphatic heterocycles. The fourth-order valence-electron chi connectivity index (χ4n) is 3.32. The van der Waals surface area contributed by atoms with Crippen molar-refractivity contribution in [2.45, 2.75) is 32.7 Å². The minimum Gasteiger partial charge on any atom is -0.368 e. The number of benzene rings is 2. The van der Waals surface area contributed by atoms with Gasteiger partial charge < -0.3 is 10.2 Å². The van der Waals surface area contributed by atoms with Crippen molar-refractivity contribution < 1.29 is 4.79 Å². The number of carbonyl (C=O) groups is 1. The normalized spacial score (nSPS) is 16.1. The Labute approximate surface area is 148 Å². The molecule has 2 aromatic carbocycles. The Hall–Kier alpha value is -2.00. The SMILES string of the molecule is Cc1ccc(C(=O)NCCCN2c3ccccc3CC2C)c(Cl)c1. The predicted molar refractivity (Wildman–Crippen MR) is 100 cm³/mol. The van der Waals surface area contributed by atoms with Crippen molar-refractivity contribution in [1.29, 1.82) is 0 Å². The third-order valence-corrected chi connectivity index (χ3v) is 4.89. The molecular formula is C20H23ClN2O. The van der Waals surface area contributed by atoms with Gasteiger partial charge in [-0.3, -0.25) is 4.79 Å². The molecule has 2 aromatic rings. The van der Waals surface area contributed by atoms with Crippen molar-refractivity contribution in [2.24, 2.45) is 0 Å². The van der Waals surface area contributed by atoms with E-state index in [0.717, 1.165) is 24.9 Å².